The molecule has 3 heterocycles. The number of aromatic nitrogens is 2. The van der Waals surface area contributed by atoms with Gasteiger partial charge < -0.3 is 14.8 Å². The Balaban J connectivity index is 1.69. The molecular formula is C28H28N4S. The molecule has 1 aliphatic rings. The average Bonchev–Trinajstić information content (AvgIpc) is 3.32. The number of hydrogen-bond donors (Lipinski definition) is 1. The average molecular weight is 453 g/mol. The number of thiocarbonyl (C=S) groups is 1. The molecule has 1 N–H and O–H groups in total. The predicted octanol–water partition coefficient (Wildman–Crippen LogP) is 6.28. The zero-order valence-electron chi connectivity index (χ0n) is 19.4. The van der Waals surface area contributed by atoms with Crippen LogP contribution in [0, 0.1) is 27.7 Å². The SMILES string of the molecule is Cc1ccc(N2C(=S)NC(c3ccccn3)C2c2cc(C)n(-c3ccccc3)c2C)cc1C. The van der Waals surface area contributed by atoms with Gasteiger partial charge in [-0.15, -0.1) is 0 Å². The summed E-state index contributed by atoms with van der Waals surface area (Å²) >= 11 is 5.91. The predicted molar refractivity (Wildman–Crippen MR) is 139 cm³/mol. The zero-order chi connectivity index (χ0) is 23.1. The van der Waals surface area contributed by atoms with Crippen LogP contribution in [-0.4, -0.2) is 14.7 Å². The molecule has 2 unspecified atom stereocenters. The van der Waals surface area contributed by atoms with Gasteiger partial charge in [0, 0.05) is 29.0 Å². The Bertz CT molecular complexity index is 1310. The third-order valence-corrected chi connectivity index (χ3v) is 6.98. The normalized spacial score (nSPS) is 17.9. The van der Waals surface area contributed by atoms with Gasteiger partial charge in [0.05, 0.1) is 17.8 Å². The molecule has 0 amide bonds. The van der Waals surface area contributed by atoms with E-state index >= 15 is 0 Å². The molecule has 4 aromatic rings. The van der Waals surface area contributed by atoms with Gasteiger partial charge >= 0.3 is 0 Å². The summed E-state index contributed by atoms with van der Waals surface area (Å²) in [6.45, 7) is 8.66. The number of pyridine rings is 1. The molecule has 4 nitrogen and oxygen atoms in total. The van der Waals surface area contributed by atoms with Gasteiger partial charge in [0.25, 0.3) is 0 Å². The van der Waals surface area contributed by atoms with Crippen LogP contribution in [0.15, 0.2) is 79.0 Å². The van der Waals surface area contributed by atoms with Crippen LogP contribution in [0.25, 0.3) is 5.69 Å². The van der Waals surface area contributed by atoms with Crippen molar-refractivity contribution in [2.24, 2.45) is 0 Å². The second-order valence-electron chi connectivity index (χ2n) is 8.76. The van der Waals surface area contributed by atoms with Gasteiger partial charge in [-0.3, -0.25) is 4.98 Å². The highest BCUT2D eigenvalue weighted by Gasteiger charge is 2.42. The number of benzene rings is 2. The first-order valence-corrected chi connectivity index (χ1v) is 11.7. The number of nitrogens with one attached hydrogen (secondary N) is 1. The van der Waals surface area contributed by atoms with E-state index in [1.54, 1.807) is 0 Å². The lowest BCUT2D eigenvalue weighted by Crippen LogP contribution is -2.29. The molecule has 0 aliphatic carbocycles. The van der Waals surface area contributed by atoms with E-state index in [4.69, 9.17) is 17.2 Å². The number of hydrogen-bond acceptors (Lipinski definition) is 2. The van der Waals surface area contributed by atoms with Gasteiger partial charge in [-0.2, -0.15) is 0 Å². The molecule has 0 radical (unpaired) electrons. The monoisotopic (exact) mass is 452 g/mol. The third-order valence-electron chi connectivity index (χ3n) is 6.67. The summed E-state index contributed by atoms with van der Waals surface area (Å²) in [5, 5.41) is 4.31. The molecule has 166 valence electrons. The maximum absolute atomic E-state index is 5.91. The molecule has 2 aromatic heterocycles. The minimum absolute atomic E-state index is 0.0156. The topological polar surface area (TPSA) is 33.1 Å². The van der Waals surface area contributed by atoms with Crippen molar-refractivity contribution in [1.29, 1.82) is 0 Å². The molecule has 2 atom stereocenters. The highest BCUT2D eigenvalue weighted by Crippen LogP contribution is 2.44. The van der Waals surface area contributed by atoms with Gasteiger partial charge in [-0.05, 0) is 99.1 Å². The van der Waals surface area contributed by atoms with E-state index in [9.17, 15) is 0 Å². The van der Waals surface area contributed by atoms with Crippen molar-refractivity contribution >= 4 is 23.0 Å². The van der Waals surface area contributed by atoms with Gasteiger partial charge in [-0.1, -0.05) is 30.3 Å². The Labute approximate surface area is 200 Å². The second kappa shape index (κ2) is 8.49. The van der Waals surface area contributed by atoms with Crippen molar-refractivity contribution in [2.75, 3.05) is 4.90 Å². The van der Waals surface area contributed by atoms with Gasteiger partial charge in [0.2, 0.25) is 0 Å². The lowest BCUT2D eigenvalue weighted by atomic mass is 9.96. The van der Waals surface area contributed by atoms with Gasteiger partial charge in [-0.25, -0.2) is 0 Å². The Morgan fingerprint density at radius 1 is 0.818 bits per heavy atom. The van der Waals surface area contributed by atoms with Crippen LogP contribution in [0.1, 0.15) is 45.9 Å². The number of aryl methyl sites for hydroxylation is 3. The fourth-order valence-electron chi connectivity index (χ4n) is 4.89. The molecule has 0 bridgehead atoms. The fraction of sp³-hybridized carbons (Fsp3) is 0.214. The highest BCUT2D eigenvalue weighted by molar-refractivity contribution is 7.80. The minimum Gasteiger partial charge on any atom is -0.351 e. The molecule has 1 saturated heterocycles. The zero-order valence-corrected chi connectivity index (χ0v) is 20.2. The number of rotatable bonds is 4. The van der Waals surface area contributed by atoms with E-state index in [2.05, 4.69) is 103 Å². The van der Waals surface area contributed by atoms with Crippen molar-refractivity contribution in [1.82, 2.24) is 14.9 Å². The third kappa shape index (κ3) is 3.72. The van der Waals surface area contributed by atoms with Crippen molar-refractivity contribution in [2.45, 2.75) is 39.8 Å². The lowest BCUT2D eigenvalue weighted by Gasteiger charge is -2.28. The van der Waals surface area contributed by atoms with E-state index in [0.29, 0.717) is 0 Å². The molecule has 33 heavy (non-hydrogen) atoms. The largest absolute Gasteiger partial charge is 0.351 e. The van der Waals surface area contributed by atoms with Gasteiger partial charge in [0.1, 0.15) is 0 Å². The summed E-state index contributed by atoms with van der Waals surface area (Å²) in [5.74, 6) is 0. The molecular weight excluding hydrogens is 424 g/mol. The second-order valence-corrected chi connectivity index (χ2v) is 9.15. The first-order chi connectivity index (χ1) is 16.0. The van der Waals surface area contributed by atoms with E-state index in [1.807, 2.05) is 18.3 Å². The lowest BCUT2D eigenvalue weighted by molar-refractivity contribution is 0.565. The van der Waals surface area contributed by atoms with Crippen LogP contribution in [0.5, 0.6) is 0 Å². The summed E-state index contributed by atoms with van der Waals surface area (Å²) in [6.07, 6.45) is 1.85. The van der Waals surface area contributed by atoms with Crippen LogP contribution >= 0.6 is 12.2 Å². The van der Waals surface area contributed by atoms with E-state index in [-0.39, 0.29) is 12.1 Å². The number of para-hydroxylation sites is 1. The molecule has 5 heteroatoms. The van der Waals surface area contributed by atoms with E-state index in [0.717, 1.165) is 16.5 Å². The molecule has 5 rings (SSSR count). The molecule has 1 aliphatic heterocycles. The van der Waals surface area contributed by atoms with Crippen LogP contribution in [0.4, 0.5) is 5.69 Å². The van der Waals surface area contributed by atoms with Crippen LogP contribution in [0.3, 0.4) is 0 Å². The van der Waals surface area contributed by atoms with Crippen LogP contribution in [0.2, 0.25) is 0 Å². The van der Waals surface area contributed by atoms with Crippen LogP contribution in [-0.2, 0) is 0 Å². The Kier molecular flexibility index (Phi) is 5.51. The van der Waals surface area contributed by atoms with E-state index < -0.39 is 0 Å². The molecule has 0 saturated carbocycles. The Hall–Kier alpha value is -3.44. The van der Waals surface area contributed by atoms with Crippen molar-refractivity contribution in [3.05, 3.63) is 113 Å². The number of anilines is 1. The summed E-state index contributed by atoms with van der Waals surface area (Å²) in [7, 11) is 0. The Morgan fingerprint density at radius 3 is 2.27 bits per heavy atom. The maximum Gasteiger partial charge on any atom is 0.174 e. The van der Waals surface area contributed by atoms with Crippen molar-refractivity contribution < 1.29 is 0 Å². The summed E-state index contributed by atoms with van der Waals surface area (Å²) in [6, 6.07) is 25.4. The summed E-state index contributed by atoms with van der Waals surface area (Å²) in [5.41, 5.74) is 9.44. The maximum atomic E-state index is 5.91. The highest BCUT2D eigenvalue weighted by atomic mass is 32.1. The smallest absolute Gasteiger partial charge is 0.174 e. The first-order valence-electron chi connectivity index (χ1n) is 11.3. The van der Waals surface area contributed by atoms with Crippen molar-refractivity contribution in [3.8, 4) is 5.69 Å². The summed E-state index contributed by atoms with van der Waals surface area (Å²) < 4.78 is 2.32. The molecule has 2 aromatic carbocycles. The van der Waals surface area contributed by atoms with E-state index in [1.165, 1.54) is 33.8 Å². The van der Waals surface area contributed by atoms with Crippen molar-refractivity contribution in [3.63, 3.8) is 0 Å². The molecule has 0 spiro atoms. The standard InChI is InChI=1S/C28H28N4S/c1-18-13-14-23(16-19(18)2)32-27(26(30-28(32)33)25-12-8-9-15-29-25)24-17-20(3)31(21(24)4)22-10-6-5-7-11-22/h5-17,26-27H,1-4H3,(H,30,33). The molecule has 1 fully saturated rings. The fourth-order valence-corrected chi connectivity index (χ4v) is 5.23. The Morgan fingerprint density at radius 2 is 1.58 bits per heavy atom. The quantitative estimate of drug-likeness (QED) is 0.369. The number of nitrogens with zero attached hydrogens (tertiary/aromatic N) is 3. The van der Waals surface area contributed by atoms with Crippen LogP contribution < -0.4 is 10.2 Å². The minimum atomic E-state index is -0.0509. The summed E-state index contributed by atoms with van der Waals surface area (Å²) in [4.78, 5) is 6.95. The first kappa shape index (κ1) is 21.4. The van der Waals surface area contributed by atoms with Gasteiger partial charge in [0.15, 0.2) is 5.11 Å².